The van der Waals surface area contributed by atoms with E-state index in [0.29, 0.717) is 12.0 Å². The molecule has 2 N–H and O–H groups in total. The van der Waals surface area contributed by atoms with Gasteiger partial charge in [-0.2, -0.15) is 0 Å². The van der Waals surface area contributed by atoms with Crippen LogP contribution in [-0.2, 0) is 5.54 Å². The molecular weight excluding hydrogens is 234 g/mol. The summed E-state index contributed by atoms with van der Waals surface area (Å²) in [5.41, 5.74) is 2.22. The van der Waals surface area contributed by atoms with Crippen molar-refractivity contribution in [1.82, 2.24) is 5.32 Å². The van der Waals surface area contributed by atoms with E-state index in [1.165, 1.54) is 36.8 Å². The molecule has 1 saturated carbocycles. The first-order valence-corrected chi connectivity index (χ1v) is 7.54. The van der Waals surface area contributed by atoms with Crippen LogP contribution in [0.1, 0.15) is 63.5 Å². The van der Waals surface area contributed by atoms with Crippen molar-refractivity contribution in [2.45, 2.75) is 64.0 Å². The first kappa shape index (κ1) is 14.5. The maximum Gasteiger partial charge on any atom is 0.0652 e. The zero-order chi connectivity index (χ0) is 13.9. The standard InChI is InChI=1S/C17H27NO/c1-13(2)14-8-10-15(11-9-14)17(3,12-19)18-16-6-4-5-7-16/h8-11,13,16,18-19H,4-7,12H2,1-3H3. The molecule has 19 heavy (non-hydrogen) atoms. The Morgan fingerprint density at radius 1 is 1.21 bits per heavy atom. The third kappa shape index (κ3) is 3.37. The molecular formula is C17H27NO. The Balaban J connectivity index is 2.14. The molecule has 0 bridgehead atoms. The van der Waals surface area contributed by atoms with Gasteiger partial charge in [-0.15, -0.1) is 0 Å². The quantitative estimate of drug-likeness (QED) is 0.849. The highest BCUT2D eigenvalue weighted by atomic mass is 16.3. The molecule has 106 valence electrons. The zero-order valence-electron chi connectivity index (χ0n) is 12.4. The average molecular weight is 261 g/mol. The largest absolute Gasteiger partial charge is 0.394 e. The van der Waals surface area contributed by atoms with E-state index >= 15 is 0 Å². The van der Waals surface area contributed by atoms with E-state index in [0.717, 1.165) is 0 Å². The summed E-state index contributed by atoms with van der Waals surface area (Å²) >= 11 is 0. The number of aliphatic hydroxyl groups excluding tert-OH is 1. The average Bonchev–Trinajstić information content (AvgIpc) is 2.91. The molecule has 0 aliphatic heterocycles. The van der Waals surface area contributed by atoms with Gasteiger partial charge in [-0.1, -0.05) is 51.0 Å². The number of nitrogens with one attached hydrogen (secondary N) is 1. The van der Waals surface area contributed by atoms with E-state index in [9.17, 15) is 5.11 Å². The summed E-state index contributed by atoms with van der Waals surface area (Å²) < 4.78 is 0. The fraction of sp³-hybridized carbons (Fsp3) is 0.647. The first-order chi connectivity index (χ1) is 9.05. The molecule has 0 heterocycles. The minimum Gasteiger partial charge on any atom is -0.394 e. The van der Waals surface area contributed by atoms with E-state index in [4.69, 9.17) is 0 Å². The van der Waals surface area contributed by atoms with Gasteiger partial charge in [0.05, 0.1) is 12.1 Å². The van der Waals surface area contributed by atoms with Crippen LogP contribution in [0.4, 0.5) is 0 Å². The van der Waals surface area contributed by atoms with Crippen molar-refractivity contribution in [1.29, 1.82) is 0 Å². The highest BCUT2D eigenvalue weighted by molar-refractivity contribution is 5.30. The maximum absolute atomic E-state index is 9.82. The van der Waals surface area contributed by atoms with Gasteiger partial charge in [0.2, 0.25) is 0 Å². The van der Waals surface area contributed by atoms with Gasteiger partial charge in [-0.25, -0.2) is 0 Å². The predicted octanol–water partition coefficient (Wildman–Crippen LogP) is 3.55. The van der Waals surface area contributed by atoms with Crippen LogP contribution in [0.25, 0.3) is 0 Å². The molecule has 1 aromatic rings. The molecule has 1 aliphatic carbocycles. The molecule has 1 aromatic carbocycles. The Hall–Kier alpha value is -0.860. The van der Waals surface area contributed by atoms with Crippen LogP contribution in [0.5, 0.6) is 0 Å². The second-order valence-corrected chi connectivity index (χ2v) is 6.39. The Morgan fingerprint density at radius 2 is 1.79 bits per heavy atom. The molecule has 1 aliphatic rings. The van der Waals surface area contributed by atoms with E-state index in [-0.39, 0.29) is 12.1 Å². The van der Waals surface area contributed by atoms with Crippen molar-refractivity contribution in [3.8, 4) is 0 Å². The summed E-state index contributed by atoms with van der Waals surface area (Å²) in [5, 5.41) is 13.5. The molecule has 0 amide bonds. The minimum absolute atomic E-state index is 0.143. The van der Waals surface area contributed by atoms with Crippen LogP contribution in [0.15, 0.2) is 24.3 Å². The Bertz CT molecular complexity index is 392. The number of aliphatic hydroxyl groups is 1. The van der Waals surface area contributed by atoms with Gasteiger partial charge in [-0.3, -0.25) is 0 Å². The summed E-state index contributed by atoms with van der Waals surface area (Å²) in [4.78, 5) is 0. The van der Waals surface area contributed by atoms with Gasteiger partial charge in [0.1, 0.15) is 0 Å². The van der Waals surface area contributed by atoms with Gasteiger partial charge in [0.25, 0.3) is 0 Å². The topological polar surface area (TPSA) is 32.3 Å². The van der Waals surface area contributed by atoms with Gasteiger partial charge >= 0.3 is 0 Å². The number of rotatable bonds is 5. The summed E-state index contributed by atoms with van der Waals surface area (Å²) in [7, 11) is 0. The second kappa shape index (κ2) is 6.06. The number of hydrogen-bond donors (Lipinski definition) is 2. The van der Waals surface area contributed by atoms with Crippen molar-refractivity contribution in [2.75, 3.05) is 6.61 Å². The molecule has 2 nitrogen and oxygen atoms in total. The van der Waals surface area contributed by atoms with Crippen LogP contribution in [-0.4, -0.2) is 17.8 Å². The molecule has 1 atom stereocenters. The van der Waals surface area contributed by atoms with Crippen molar-refractivity contribution in [2.24, 2.45) is 0 Å². The molecule has 2 heteroatoms. The lowest BCUT2D eigenvalue weighted by Crippen LogP contribution is -2.47. The first-order valence-electron chi connectivity index (χ1n) is 7.54. The van der Waals surface area contributed by atoms with Crippen LogP contribution in [0, 0.1) is 0 Å². The van der Waals surface area contributed by atoms with Crippen LogP contribution in [0.2, 0.25) is 0 Å². The van der Waals surface area contributed by atoms with Gasteiger partial charge in [0, 0.05) is 6.04 Å². The smallest absolute Gasteiger partial charge is 0.0652 e. The van der Waals surface area contributed by atoms with E-state index in [1.807, 2.05) is 0 Å². The summed E-state index contributed by atoms with van der Waals surface area (Å²) in [5.74, 6) is 0.553. The SMILES string of the molecule is CC(C)c1ccc(C(C)(CO)NC2CCCC2)cc1. The normalized spacial score (nSPS) is 19.8. The lowest BCUT2D eigenvalue weighted by molar-refractivity contribution is 0.161. The van der Waals surface area contributed by atoms with Gasteiger partial charge in [-0.05, 0) is 36.8 Å². The molecule has 0 spiro atoms. The Kier molecular flexibility index (Phi) is 4.64. The summed E-state index contributed by atoms with van der Waals surface area (Å²) in [6.07, 6.45) is 5.09. The fourth-order valence-electron chi connectivity index (χ4n) is 2.98. The maximum atomic E-state index is 9.82. The van der Waals surface area contributed by atoms with Crippen molar-refractivity contribution >= 4 is 0 Å². The van der Waals surface area contributed by atoms with Crippen molar-refractivity contribution < 1.29 is 5.11 Å². The highest BCUT2D eigenvalue weighted by Gasteiger charge is 2.29. The second-order valence-electron chi connectivity index (χ2n) is 6.39. The van der Waals surface area contributed by atoms with E-state index in [2.05, 4.69) is 50.4 Å². The number of benzene rings is 1. The van der Waals surface area contributed by atoms with E-state index < -0.39 is 0 Å². The van der Waals surface area contributed by atoms with Crippen LogP contribution in [0.3, 0.4) is 0 Å². The zero-order valence-corrected chi connectivity index (χ0v) is 12.4. The monoisotopic (exact) mass is 261 g/mol. The lowest BCUT2D eigenvalue weighted by Gasteiger charge is -2.33. The van der Waals surface area contributed by atoms with Crippen molar-refractivity contribution in [3.05, 3.63) is 35.4 Å². The molecule has 1 fully saturated rings. The third-order valence-corrected chi connectivity index (χ3v) is 4.41. The minimum atomic E-state index is -0.315. The number of hydrogen-bond acceptors (Lipinski definition) is 2. The Morgan fingerprint density at radius 3 is 2.26 bits per heavy atom. The third-order valence-electron chi connectivity index (χ3n) is 4.41. The van der Waals surface area contributed by atoms with Gasteiger partial charge < -0.3 is 10.4 Å². The molecule has 2 rings (SSSR count). The van der Waals surface area contributed by atoms with Crippen molar-refractivity contribution in [3.63, 3.8) is 0 Å². The van der Waals surface area contributed by atoms with Crippen LogP contribution >= 0.6 is 0 Å². The summed E-state index contributed by atoms with van der Waals surface area (Å²) in [6, 6.07) is 9.25. The Labute approximate surface area is 117 Å². The lowest BCUT2D eigenvalue weighted by atomic mass is 9.89. The molecule has 1 unspecified atom stereocenters. The molecule has 0 aromatic heterocycles. The van der Waals surface area contributed by atoms with E-state index in [1.54, 1.807) is 0 Å². The summed E-state index contributed by atoms with van der Waals surface area (Å²) in [6.45, 7) is 6.66. The predicted molar refractivity (Wildman–Crippen MR) is 80.4 cm³/mol. The van der Waals surface area contributed by atoms with Crippen LogP contribution < -0.4 is 5.32 Å². The highest BCUT2D eigenvalue weighted by Crippen LogP contribution is 2.27. The van der Waals surface area contributed by atoms with Gasteiger partial charge in [0.15, 0.2) is 0 Å². The molecule has 0 radical (unpaired) electrons. The molecule has 0 saturated heterocycles. The fourth-order valence-corrected chi connectivity index (χ4v) is 2.98.